The Hall–Kier alpha value is -0.930. The maximum Gasteiger partial charge on any atom is 0.445 e. The molecule has 0 aliphatic carbocycles. The maximum atomic E-state index is 12.4. The van der Waals surface area contributed by atoms with Crippen LogP contribution in [0.2, 0.25) is 0 Å². The zero-order valence-electron chi connectivity index (χ0n) is 9.70. The number of halogens is 3. The molecular formula is C9H13F3N4OS. The fourth-order valence-electron chi connectivity index (χ4n) is 1.70. The molecule has 1 aromatic heterocycles. The van der Waals surface area contributed by atoms with Gasteiger partial charge >= 0.3 is 6.18 Å². The predicted octanol–water partition coefficient (Wildman–Crippen LogP) is 0.981. The van der Waals surface area contributed by atoms with Crippen molar-refractivity contribution in [1.29, 1.82) is 0 Å². The Morgan fingerprint density at radius 1 is 1.50 bits per heavy atom. The molecule has 2 heterocycles. The van der Waals surface area contributed by atoms with E-state index in [2.05, 4.69) is 15.5 Å². The lowest BCUT2D eigenvalue weighted by molar-refractivity contribution is -0.138. The van der Waals surface area contributed by atoms with Crippen molar-refractivity contribution in [3.63, 3.8) is 0 Å². The highest BCUT2D eigenvalue weighted by Crippen LogP contribution is 2.34. The highest BCUT2D eigenvalue weighted by molar-refractivity contribution is 7.15. The summed E-state index contributed by atoms with van der Waals surface area (Å²) in [4.78, 5) is 1.78. The van der Waals surface area contributed by atoms with Crippen LogP contribution in [0.4, 0.5) is 18.3 Å². The van der Waals surface area contributed by atoms with Crippen molar-refractivity contribution in [2.75, 3.05) is 38.2 Å². The van der Waals surface area contributed by atoms with Gasteiger partial charge in [0.05, 0.1) is 12.7 Å². The number of nitrogens with zero attached hydrogens (tertiary/aromatic N) is 3. The van der Waals surface area contributed by atoms with Crippen LogP contribution in [0.25, 0.3) is 0 Å². The summed E-state index contributed by atoms with van der Waals surface area (Å²) in [6.07, 6.45) is -4.46. The van der Waals surface area contributed by atoms with Crippen molar-refractivity contribution in [2.45, 2.75) is 12.3 Å². The Labute approximate surface area is 106 Å². The summed E-state index contributed by atoms with van der Waals surface area (Å²) < 4.78 is 42.7. The quantitative estimate of drug-likeness (QED) is 0.895. The molecule has 18 heavy (non-hydrogen) atoms. The molecule has 1 N–H and O–H groups in total. The number of aromatic nitrogens is 2. The van der Waals surface area contributed by atoms with Crippen LogP contribution in [-0.4, -0.2) is 49.6 Å². The van der Waals surface area contributed by atoms with E-state index in [1.807, 2.05) is 0 Å². The van der Waals surface area contributed by atoms with Crippen LogP contribution in [0, 0.1) is 0 Å². The molecule has 9 heteroatoms. The molecule has 0 spiro atoms. The number of hydrogen-bond acceptors (Lipinski definition) is 6. The highest BCUT2D eigenvalue weighted by atomic mass is 32.1. The molecule has 1 aromatic rings. The van der Waals surface area contributed by atoms with Crippen LogP contribution >= 0.6 is 11.3 Å². The molecule has 5 nitrogen and oxygen atoms in total. The van der Waals surface area contributed by atoms with Gasteiger partial charge in [0.25, 0.3) is 0 Å². The first kappa shape index (κ1) is 13.5. The van der Waals surface area contributed by atoms with E-state index in [4.69, 9.17) is 4.74 Å². The molecule has 0 radical (unpaired) electrons. The van der Waals surface area contributed by atoms with Gasteiger partial charge < -0.3 is 15.0 Å². The van der Waals surface area contributed by atoms with Gasteiger partial charge in [0.1, 0.15) is 0 Å². The summed E-state index contributed by atoms with van der Waals surface area (Å²) in [5.74, 6) is 0. The third-order valence-electron chi connectivity index (χ3n) is 2.50. The second kappa shape index (κ2) is 5.37. The van der Waals surface area contributed by atoms with Crippen molar-refractivity contribution in [1.82, 2.24) is 15.5 Å². The van der Waals surface area contributed by atoms with E-state index in [-0.39, 0.29) is 6.10 Å². The first-order valence-corrected chi connectivity index (χ1v) is 6.24. The molecule has 1 saturated heterocycles. The number of hydrogen-bond donors (Lipinski definition) is 1. The highest BCUT2D eigenvalue weighted by Gasteiger charge is 2.36. The van der Waals surface area contributed by atoms with Crippen LogP contribution in [0.3, 0.4) is 0 Å². The molecule has 1 aliphatic heterocycles. The third kappa shape index (κ3) is 3.09. The number of ether oxygens (including phenoxy) is 1. The monoisotopic (exact) mass is 282 g/mol. The third-order valence-corrected chi connectivity index (χ3v) is 3.53. The Kier molecular flexibility index (Phi) is 4.03. The van der Waals surface area contributed by atoms with Gasteiger partial charge in [-0.3, -0.25) is 0 Å². The van der Waals surface area contributed by atoms with Gasteiger partial charge in [-0.1, -0.05) is 11.3 Å². The normalized spacial score (nSPS) is 21.3. The van der Waals surface area contributed by atoms with Gasteiger partial charge in [0.2, 0.25) is 10.1 Å². The number of alkyl halides is 3. The zero-order chi connectivity index (χ0) is 13.2. The van der Waals surface area contributed by atoms with E-state index >= 15 is 0 Å². The van der Waals surface area contributed by atoms with Gasteiger partial charge in [-0.25, -0.2) is 0 Å². The Morgan fingerprint density at radius 3 is 2.89 bits per heavy atom. The maximum absolute atomic E-state index is 12.4. The number of nitrogens with one attached hydrogen (secondary N) is 1. The smallest absolute Gasteiger partial charge is 0.373 e. The molecular weight excluding hydrogens is 269 g/mol. The summed E-state index contributed by atoms with van der Waals surface area (Å²) in [7, 11) is 1.80. The fourth-order valence-corrected chi connectivity index (χ4v) is 2.45. The standard InChI is InChI=1S/C9H13F3N4OS/c1-13-4-6-5-16(2-3-17-6)8-15-14-7(18-8)9(10,11)12/h6,13H,2-5H2,1H3. The lowest BCUT2D eigenvalue weighted by Gasteiger charge is -2.32. The number of morpholine rings is 1. The summed E-state index contributed by atoms with van der Waals surface area (Å²) >= 11 is 0.569. The van der Waals surface area contributed by atoms with E-state index in [0.717, 1.165) is 0 Å². The van der Waals surface area contributed by atoms with Crippen LogP contribution in [-0.2, 0) is 10.9 Å². The minimum Gasteiger partial charge on any atom is -0.373 e. The minimum atomic E-state index is -4.42. The lowest BCUT2D eigenvalue weighted by Crippen LogP contribution is -2.46. The second-order valence-electron chi connectivity index (χ2n) is 3.88. The van der Waals surface area contributed by atoms with Crippen LogP contribution in [0.1, 0.15) is 5.01 Å². The van der Waals surface area contributed by atoms with E-state index in [0.29, 0.717) is 42.7 Å². The van der Waals surface area contributed by atoms with Crippen molar-refractivity contribution in [2.24, 2.45) is 0 Å². The van der Waals surface area contributed by atoms with Crippen molar-refractivity contribution >= 4 is 16.5 Å². The van der Waals surface area contributed by atoms with Crippen LogP contribution < -0.4 is 10.2 Å². The average Bonchev–Trinajstić information content (AvgIpc) is 2.78. The summed E-state index contributed by atoms with van der Waals surface area (Å²) in [6, 6.07) is 0. The first-order chi connectivity index (χ1) is 8.50. The molecule has 0 saturated carbocycles. The largest absolute Gasteiger partial charge is 0.445 e. The Bertz CT molecular complexity index is 395. The molecule has 1 fully saturated rings. The number of anilines is 1. The second-order valence-corrected chi connectivity index (χ2v) is 4.84. The Balaban J connectivity index is 2.05. The zero-order valence-corrected chi connectivity index (χ0v) is 10.5. The minimum absolute atomic E-state index is 0.0398. The fraction of sp³-hybridized carbons (Fsp3) is 0.778. The summed E-state index contributed by atoms with van der Waals surface area (Å²) in [6.45, 7) is 2.19. The molecule has 0 aromatic carbocycles. The molecule has 102 valence electrons. The van der Waals surface area contributed by atoms with Gasteiger partial charge in [0, 0.05) is 19.6 Å². The van der Waals surface area contributed by atoms with Crippen molar-refractivity contribution < 1.29 is 17.9 Å². The SMILES string of the molecule is CNCC1CN(c2nnc(C(F)(F)F)s2)CCO1. The predicted molar refractivity (Wildman–Crippen MR) is 60.8 cm³/mol. The molecule has 1 unspecified atom stereocenters. The van der Waals surface area contributed by atoms with E-state index in [9.17, 15) is 13.2 Å². The Morgan fingerprint density at radius 2 is 2.28 bits per heavy atom. The van der Waals surface area contributed by atoms with Crippen molar-refractivity contribution in [3.8, 4) is 0 Å². The molecule has 2 rings (SSSR count). The summed E-state index contributed by atoms with van der Waals surface area (Å²) in [5.41, 5.74) is 0. The van der Waals surface area contributed by atoms with E-state index in [1.54, 1.807) is 11.9 Å². The number of likely N-dealkylation sites (N-methyl/N-ethyl adjacent to an activating group) is 1. The van der Waals surface area contributed by atoms with Gasteiger partial charge in [-0.05, 0) is 7.05 Å². The summed E-state index contributed by atoms with van der Waals surface area (Å²) in [5, 5.41) is 9.14. The molecule has 1 aliphatic rings. The van der Waals surface area contributed by atoms with Gasteiger partial charge in [0.15, 0.2) is 0 Å². The van der Waals surface area contributed by atoms with Crippen molar-refractivity contribution in [3.05, 3.63) is 5.01 Å². The van der Waals surface area contributed by atoms with E-state index in [1.165, 1.54) is 0 Å². The van der Waals surface area contributed by atoms with Crippen LogP contribution in [0.15, 0.2) is 0 Å². The molecule has 0 bridgehead atoms. The van der Waals surface area contributed by atoms with Gasteiger partial charge in [-0.15, -0.1) is 10.2 Å². The van der Waals surface area contributed by atoms with Gasteiger partial charge in [-0.2, -0.15) is 13.2 Å². The lowest BCUT2D eigenvalue weighted by atomic mass is 10.3. The van der Waals surface area contributed by atoms with Crippen LogP contribution in [0.5, 0.6) is 0 Å². The van der Waals surface area contributed by atoms with E-state index < -0.39 is 11.2 Å². The number of rotatable bonds is 3. The molecule has 0 amide bonds. The average molecular weight is 282 g/mol. The topological polar surface area (TPSA) is 50.3 Å². The first-order valence-electron chi connectivity index (χ1n) is 5.42. The molecule has 1 atom stereocenters.